The maximum Gasteiger partial charge on any atom is 0.191 e. The van der Waals surface area contributed by atoms with Gasteiger partial charge < -0.3 is 25.0 Å². The lowest BCUT2D eigenvalue weighted by Gasteiger charge is -2.22. The number of para-hydroxylation sites is 1. The highest BCUT2D eigenvalue weighted by molar-refractivity contribution is 5.79. The van der Waals surface area contributed by atoms with Gasteiger partial charge in [0, 0.05) is 38.9 Å². The standard InChI is InChI=1S/C22H38N4O2/c1-23-22(24-14-9-16-27-20-11-5-4-6-12-20)25-18-19-10-7-8-13-21(19)28-17-15-26(2)3/h7-8,10,13,20H,4-6,9,11-12,14-18H2,1-3H3,(H2,23,24,25). The lowest BCUT2D eigenvalue weighted by Crippen LogP contribution is -2.37. The van der Waals surface area contributed by atoms with E-state index in [4.69, 9.17) is 9.47 Å². The summed E-state index contributed by atoms with van der Waals surface area (Å²) in [7, 11) is 5.90. The number of benzene rings is 1. The Labute approximate surface area is 170 Å². The van der Waals surface area contributed by atoms with Crippen molar-refractivity contribution < 1.29 is 9.47 Å². The van der Waals surface area contributed by atoms with Crippen molar-refractivity contribution in [3.63, 3.8) is 0 Å². The molecular formula is C22H38N4O2. The van der Waals surface area contributed by atoms with Crippen molar-refractivity contribution in [2.24, 2.45) is 4.99 Å². The summed E-state index contributed by atoms with van der Waals surface area (Å²) in [5.74, 6) is 1.73. The van der Waals surface area contributed by atoms with E-state index in [-0.39, 0.29) is 0 Å². The van der Waals surface area contributed by atoms with E-state index in [1.165, 1.54) is 32.1 Å². The van der Waals surface area contributed by atoms with Gasteiger partial charge in [-0.3, -0.25) is 4.99 Å². The maximum absolute atomic E-state index is 5.98. The first-order chi connectivity index (χ1) is 13.7. The van der Waals surface area contributed by atoms with Gasteiger partial charge >= 0.3 is 0 Å². The third-order valence-corrected chi connectivity index (χ3v) is 4.96. The van der Waals surface area contributed by atoms with Crippen LogP contribution in [-0.2, 0) is 11.3 Å². The molecule has 0 amide bonds. The quantitative estimate of drug-likeness (QED) is 0.346. The normalized spacial score (nSPS) is 15.6. The predicted octanol–water partition coefficient (Wildman–Crippen LogP) is 3.03. The molecule has 28 heavy (non-hydrogen) atoms. The van der Waals surface area contributed by atoms with Gasteiger partial charge in [0.1, 0.15) is 12.4 Å². The fourth-order valence-electron chi connectivity index (χ4n) is 3.29. The van der Waals surface area contributed by atoms with Crippen molar-refractivity contribution in [1.82, 2.24) is 15.5 Å². The number of nitrogens with one attached hydrogen (secondary N) is 2. The number of ether oxygens (including phenoxy) is 2. The van der Waals surface area contributed by atoms with Gasteiger partial charge in [-0.15, -0.1) is 0 Å². The lowest BCUT2D eigenvalue weighted by molar-refractivity contribution is 0.0277. The molecule has 6 heteroatoms. The van der Waals surface area contributed by atoms with Gasteiger partial charge in [-0.25, -0.2) is 0 Å². The largest absolute Gasteiger partial charge is 0.492 e. The van der Waals surface area contributed by atoms with Crippen molar-refractivity contribution in [3.05, 3.63) is 29.8 Å². The van der Waals surface area contributed by atoms with E-state index < -0.39 is 0 Å². The van der Waals surface area contributed by atoms with E-state index in [2.05, 4.69) is 26.6 Å². The Morgan fingerprint density at radius 3 is 2.64 bits per heavy atom. The number of guanidine groups is 1. The second-order valence-corrected chi connectivity index (χ2v) is 7.60. The van der Waals surface area contributed by atoms with Gasteiger partial charge in [-0.2, -0.15) is 0 Å². The van der Waals surface area contributed by atoms with Crippen LogP contribution in [0.2, 0.25) is 0 Å². The van der Waals surface area contributed by atoms with E-state index in [1.807, 2.05) is 32.3 Å². The third-order valence-electron chi connectivity index (χ3n) is 4.96. The van der Waals surface area contributed by atoms with Crippen molar-refractivity contribution in [1.29, 1.82) is 0 Å². The lowest BCUT2D eigenvalue weighted by atomic mass is 9.98. The zero-order chi connectivity index (χ0) is 20.0. The summed E-state index contributed by atoms with van der Waals surface area (Å²) in [5.41, 5.74) is 1.13. The number of nitrogens with zero attached hydrogens (tertiary/aromatic N) is 2. The molecular weight excluding hydrogens is 352 g/mol. The van der Waals surface area contributed by atoms with Crippen molar-refractivity contribution in [2.75, 3.05) is 47.4 Å². The van der Waals surface area contributed by atoms with Crippen LogP contribution in [0.4, 0.5) is 0 Å². The monoisotopic (exact) mass is 390 g/mol. The molecule has 0 radical (unpaired) electrons. The van der Waals surface area contributed by atoms with Gasteiger partial charge in [0.05, 0.1) is 6.10 Å². The van der Waals surface area contributed by atoms with Crippen LogP contribution in [0.3, 0.4) is 0 Å². The third kappa shape index (κ3) is 8.93. The highest BCUT2D eigenvalue weighted by atomic mass is 16.5. The van der Waals surface area contributed by atoms with Crippen molar-refractivity contribution in [3.8, 4) is 5.75 Å². The smallest absolute Gasteiger partial charge is 0.191 e. The summed E-state index contributed by atoms with van der Waals surface area (Å²) >= 11 is 0. The van der Waals surface area contributed by atoms with Crippen LogP contribution in [0.25, 0.3) is 0 Å². The molecule has 1 aliphatic carbocycles. The van der Waals surface area contributed by atoms with Crippen molar-refractivity contribution in [2.45, 2.75) is 51.2 Å². The molecule has 1 aromatic rings. The van der Waals surface area contributed by atoms with E-state index in [0.29, 0.717) is 19.3 Å². The topological polar surface area (TPSA) is 58.1 Å². The summed E-state index contributed by atoms with van der Waals surface area (Å²) < 4.78 is 11.9. The Bertz CT molecular complexity index is 571. The van der Waals surface area contributed by atoms with Gasteiger partial charge in [-0.1, -0.05) is 37.5 Å². The summed E-state index contributed by atoms with van der Waals surface area (Å²) in [6.45, 7) is 3.92. The highest BCUT2D eigenvalue weighted by Crippen LogP contribution is 2.20. The van der Waals surface area contributed by atoms with E-state index in [9.17, 15) is 0 Å². The molecule has 0 aliphatic heterocycles. The van der Waals surface area contributed by atoms with Crippen LogP contribution in [0.1, 0.15) is 44.1 Å². The molecule has 0 bridgehead atoms. The molecule has 2 rings (SSSR count). The number of rotatable bonds is 11. The van der Waals surface area contributed by atoms with E-state index in [1.54, 1.807) is 7.05 Å². The van der Waals surface area contributed by atoms with Crippen LogP contribution in [0.5, 0.6) is 5.75 Å². The maximum atomic E-state index is 5.98. The molecule has 0 unspecified atom stereocenters. The Hall–Kier alpha value is -1.79. The van der Waals surface area contributed by atoms with E-state index in [0.717, 1.165) is 43.4 Å². The fraction of sp³-hybridized carbons (Fsp3) is 0.682. The summed E-state index contributed by atoms with van der Waals surface area (Å²) in [6, 6.07) is 8.15. The van der Waals surface area contributed by atoms with Gasteiger partial charge in [0.25, 0.3) is 0 Å². The van der Waals surface area contributed by atoms with Crippen LogP contribution < -0.4 is 15.4 Å². The average Bonchev–Trinajstić information content (AvgIpc) is 2.71. The highest BCUT2D eigenvalue weighted by Gasteiger charge is 2.13. The minimum atomic E-state index is 0.482. The van der Waals surface area contributed by atoms with Crippen LogP contribution >= 0.6 is 0 Å². The summed E-state index contributed by atoms with van der Waals surface area (Å²) in [6.07, 6.45) is 7.93. The molecule has 0 atom stereocenters. The van der Waals surface area contributed by atoms with Crippen LogP contribution in [-0.4, -0.2) is 64.4 Å². The molecule has 2 N–H and O–H groups in total. The zero-order valence-electron chi connectivity index (χ0n) is 17.9. The van der Waals surface area contributed by atoms with Gasteiger partial charge in [0.15, 0.2) is 5.96 Å². The Balaban J connectivity index is 1.66. The summed E-state index contributed by atoms with van der Waals surface area (Å²) in [4.78, 5) is 6.43. The molecule has 6 nitrogen and oxygen atoms in total. The summed E-state index contributed by atoms with van der Waals surface area (Å²) in [5, 5.41) is 6.74. The molecule has 0 spiro atoms. The minimum absolute atomic E-state index is 0.482. The second kappa shape index (κ2) is 13.4. The first kappa shape index (κ1) is 22.5. The molecule has 0 heterocycles. The van der Waals surface area contributed by atoms with E-state index >= 15 is 0 Å². The zero-order valence-corrected chi connectivity index (χ0v) is 17.9. The number of hydrogen-bond donors (Lipinski definition) is 2. The Morgan fingerprint density at radius 2 is 1.89 bits per heavy atom. The molecule has 1 fully saturated rings. The second-order valence-electron chi connectivity index (χ2n) is 7.60. The minimum Gasteiger partial charge on any atom is -0.492 e. The Kier molecular flexibility index (Phi) is 10.8. The molecule has 1 saturated carbocycles. The first-order valence-corrected chi connectivity index (χ1v) is 10.6. The number of aliphatic imine (C=N–C) groups is 1. The van der Waals surface area contributed by atoms with Gasteiger partial charge in [-0.05, 0) is 39.4 Å². The molecule has 0 aromatic heterocycles. The molecule has 1 aliphatic rings. The average molecular weight is 391 g/mol. The van der Waals surface area contributed by atoms with Crippen LogP contribution in [0, 0.1) is 0 Å². The molecule has 158 valence electrons. The Morgan fingerprint density at radius 1 is 1.11 bits per heavy atom. The van der Waals surface area contributed by atoms with Crippen LogP contribution in [0.15, 0.2) is 29.3 Å². The fourth-order valence-corrected chi connectivity index (χ4v) is 3.29. The SMILES string of the molecule is CN=C(NCCCOC1CCCCC1)NCc1ccccc1OCCN(C)C. The number of likely N-dealkylation sites (N-methyl/N-ethyl adjacent to an activating group) is 1. The first-order valence-electron chi connectivity index (χ1n) is 10.6. The van der Waals surface area contributed by atoms with Crippen molar-refractivity contribution >= 4 is 5.96 Å². The molecule has 1 aromatic carbocycles. The van der Waals surface area contributed by atoms with Gasteiger partial charge in [0.2, 0.25) is 0 Å². The predicted molar refractivity (Wildman–Crippen MR) is 116 cm³/mol. The number of hydrogen-bond acceptors (Lipinski definition) is 4. The molecule has 0 saturated heterocycles.